The molecule has 1 unspecified atom stereocenters. The zero-order valence-corrected chi connectivity index (χ0v) is 12.5. The molecule has 0 saturated carbocycles. The topological polar surface area (TPSA) is 15.3 Å². The van der Waals surface area contributed by atoms with Crippen LogP contribution in [-0.2, 0) is 0 Å². The van der Waals surface area contributed by atoms with Crippen molar-refractivity contribution in [3.05, 3.63) is 0 Å². The molecule has 1 fully saturated rings. The second kappa shape index (κ2) is 7.38. The van der Waals surface area contributed by atoms with Crippen molar-refractivity contribution in [1.82, 2.24) is 10.2 Å². The van der Waals surface area contributed by atoms with Gasteiger partial charge in [-0.05, 0) is 24.2 Å². The van der Waals surface area contributed by atoms with Crippen molar-refractivity contribution in [2.45, 2.75) is 53.5 Å². The van der Waals surface area contributed by atoms with Gasteiger partial charge in [-0.1, -0.05) is 41.0 Å². The van der Waals surface area contributed by atoms with Gasteiger partial charge in [0.05, 0.1) is 0 Å². The predicted octanol–water partition coefficient (Wildman–Crippen LogP) is 2.99. The van der Waals surface area contributed by atoms with E-state index in [4.69, 9.17) is 0 Å². The Bertz CT molecular complexity index is 191. The first-order valence-corrected chi connectivity index (χ1v) is 7.50. The minimum absolute atomic E-state index is 0.730. The van der Waals surface area contributed by atoms with Crippen molar-refractivity contribution in [3.8, 4) is 0 Å². The van der Waals surface area contributed by atoms with Crippen LogP contribution >= 0.6 is 0 Å². The summed E-state index contributed by atoms with van der Waals surface area (Å²) in [5, 5.41) is 3.64. The van der Waals surface area contributed by atoms with E-state index in [0.717, 1.165) is 23.8 Å². The largest absolute Gasteiger partial charge is 0.311 e. The average molecular weight is 240 g/mol. The zero-order chi connectivity index (χ0) is 12.8. The molecule has 0 aromatic carbocycles. The summed E-state index contributed by atoms with van der Waals surface area (Å²) in [6.45, 7) is 16.7. The molecule has 0 bridgehead atoms. The highest BCUT2D eigenvalue weighted by Crippen LogP contribution is 2.22. The summed E-state index contributed by atoms with van der Waals surface area (Å²) < 4.78 is 0. The van der Waals surface area contributed by atoms with Crippen LogP contribution in [0.3, 0.4) is 0 Å². The maximum atomic E-state index is 3.64. The monoisotopic (exact) mass is 240 g/mol. The van der Waals surface area contributed by atoms with E-state index in [0.29, 0.717) is 0 Å². The first kappa shape index (κ1) is 15.0. The van der Waals surface area contributed by atoms with Crippen LogP contribution in [0.5, 0.6) is 0 Å². The van der Waals surface area contributed by atoms with E-state index in [2.05, 4.69) is 44.8 Å². The van der Waals surface area contributed by atoms with Crippen LogP contribution in [-0.4, -0.2) is 37.1 Å². The fourth-order valence-electron chi connectivity index (χ4n) is 3.09. The molecular weight excluding hydrogens is 208 g/mol. The van der Waals surface area contributed by atoms with Gasteiger partial charge in [-0.25, -0.2) is 0 Å². The van der Waals surface area contributed by atoms with Gasteiger partial charge in [0, 0.05) is 32.2 Å². The van der Waals surface area contributed by atoms with Crippen molar-refractivity contribution in [2.75, 3.05) is 26.2 Å². The highest BCUT2D eigenvalue weighted by atomic mass is 15.2. The summed E-state index contributed by atoms with van der Waals surface area (Å²) in [7, 11) is 0. The van der Waals surface area contributed by atoms with Crippen molar-refractivity contribution in [1.29, 1.82) is 0 Å². The van der Waals surface area contributed by atoms with E-state index in [1.165, 1.54) is 39.0 Å². The molecule has 1 heterocycles. The van der Waals surface area contributed by atoms with Gasteiger partial charge in [-0.15, -0.1) is 0 Å². The fourth-order valence-corrected chi connectivity index (χ4v) is 3.09. The minimum Gasteiger partial charge on any atom is -0.311 e. The predicted molar refractivity (Wildman–Crippen MR) is 76.3 cm³/mol. The summed E-state index contributed by atoms with van der Waals surface area (Å²) in [5.74, 6) is 2.44. The number of hydrogen-bond donors (Lipinski definition) is 1. The molecule has 1 saturated heterocycles. The third kappa shape index (κ3) is 4.97. The van der Waals surface area contributed by atoms with Crippen molar-refractivity contribution >= 4 is 0 Å². The Morgan fingerprint density at radius 3 is 2.35 bits per heavy atom. The highest BCUT2D eigenvalue weighted by Gasteiger charge is 2.24. The normalized spacial score (nSPS) is 22.9. The van der Waals surface area contributed by atoms with E-state index in [-0.39, 0.29) is 0 Å². The molecule has 0 amide bonds. The van der Waals surface area contributed by atoms with Gasteiger partial charge in [0.2, 0.25) is 0 Å². The number of nitrogens with one attached hydrogen (secondary N) is 1. The summed E-state index contributed by atoms with van der Waals surface area (Å²) in [5.41, 5.74) is 0. The second-order valence-corrected chi connectivity index (χ2v) is 6.35. The van der Waals surface area contributed by atoms with Gasteiger partial charge in [0.25, 0.3) is 0 Å². The Labute approximate surface area is 108 Å². The molecule has 1 aliphatic heterocycles. The van der Waals surface area contributed by atoms with Crippen LogP contribution < -0.4 is 5.32 Å². The van der Waals surface area contributed by atoms with Crippen LogP contribution in [0.15, 0.2) is 0 Å². The van der Waals surface area contributed by atoms with E-state index in [9.17, 15) is 0 Å². The summed E-state index contributed by atoms with van der Waals surface area (Å²) in [6, 6.07) is 0.730. The number of rotatable bonds is 6. The van der Waals surface area contributed by atoms with Crippen LogP contribution in [0.1, 0.15) is 47.5 Å². The van der Waals surface area contributed by atoms with Gasteiger partial charge in [-0.2, -0.15) is 0 Å². The Morgan fingerprint density at radius 1 is 1.18 bits per heavy atom. The van der Waals surface area contributed by atoms with Crippen molar-refractivity contribution in [2.24, 2.45) is 17.8 Å². The molecule has 2 nitrogen and oxygen atoms in total. The van der Waals surface area contributed by atoms with Crippen LogP contribution in [0.2, 0.25) is 0 Å². The first-order valence-electron chi connectivity index (χ1n) is 7.50. The Hall–Kier alpha value is -0.0800. The number of hydrogen-bond acceptors (Lipinski definition) is 2. The second-order valence-electron chi connectivity index (χ2n) is 6.35. The molecule has 1 N–H and O–H groups in total. The standard InChI is InChI=1S/C15H32N2/c1-6-7-14-10-17(9-8-16-14)11-15(12(2)3)13(4)5/h12-16H,6-11H2,1-5H3. The van der Waals surface area contributed by atoms with E-state index in [1.807, 2.05) is 0 Å². The third-order valence-electron chi connectivity index (χ3n) is 4.16. The van der Waals surface area contributed by atoms with Crippen molar-refractivity contribution in [3.63, 3.8) is 0 Å². The Morgan fingerprint density at radius 2 is 1.82 bits per heavy atom. The molecule has 0 radical (unpaired) electrons. The van der Waals surface area contributed by atoms with Gasteiger partial charge in [0.1, 0.15) is 0 Å². The summed E-state index contributed by atoms with van der Waals surface area (Å²) in [4.78, 5) is 2.68. The van der Waals surface area contributed by atoms with Crippen molar-refractivity contribution < 1.29 is 0 Å². The quantitative estimate of drug-likeness (QED) is 0.768. The minimum atomic E-state index is 0.730. The first-order chi connectivity index (χ1) is 8.04. The zero-order valence-electron chi connectivity index (χ0n) is 12.5. The van der Waals surface area contributed by atoms with Gasteiger partial charge >= 0.3 is 0 Å². The molecule has 2 heteroatoms. The Balaban J connectivity index is 2.43. The smallest absolute Gasteiger partial charge is 0.0195 e. The van der Waals surface area contributed by atoms with E-state index >= 15 is 0 Å². The molecule has 102 valence electrons. The number of nitrogens with zero attached hydrogens (tertiary/aromatic N) is 1. The third-order valence-corrected chi connectivity index (χ3v) is 4.16. The lowest BCUT2D eigenvalue weighted by molar-refractivity contribution is 0.130. The Kier molecular flexibility index (Phi) is 6.50. The molecule has 1 atom stereocenters. The fraction of sp³-hybridized carbons (Fsp3) is 1.00. The van der Waals surface area contributed by atoms with Gasteiger partial charge in [-0.3, -0.25) is 0 Å². The van der Waals surface area contributed by atoms with E-state index in [1.54, 1.807) is 0 Å². The molecular formula is C15H32N2. The number of piperazine rings is 1. The van der Waals surface area contributed by atoms with Gasteiger partial charge < -0.3 is 10.2 Å². The molecule has 0 aromatic heterocycles. The molecule has 1 rings (SSSR count). The lowest BCUT2D eigenvalue weighted by Gasteiger charge is -2.38. The lowest BCUT2D eigenvalue weighted by atomic mass is 9.85. The molecule has 0 aliphatic carbocycles. The average Bonchev–Trinajstić information content (AvgIpc) is 2.26. The maximum Gasteiger partial charge on any atom is 0.0195 e. The van der Waals surface area contributed by atoms with Crippen LogP contribution in [0, 0.1) is 17.8 Å². The molecule has 0 aromatic rings. The van der Waals surface area contributed by atoms with Gasteiger partial charge in [0.15, 0.2) is 0 Å². The van der Waals surface area contributed by atoms with Crippen LogP contribution in [0.25, 0.3) is 0 Å². The summed E-state index contributed by atoms with van der Waals surface area (Å²) >= 11 is 0. The van der Waals surface area contributed by atoms with Crippen LogP contribution in [0.4, 0.5) is 0 Å². The molecule has 0 spiro atoms. The molecule has 17 heavy (non-hydrogen) atoms. The van der Waals surface area contributed by atoms with E-state index < -0.39 is 0 Å². The summed E-state index contributed by atoms with van der Waals surface area (Å²) in [6.07, 6.45) is 2.62. The lowest BCUT2D eigenvalue weighted by Crippen LogP contribution is -2.52. The SMILES string of the molecule is CCCC1CN(CC(C(C)C)C(C)C)CCN1. The maximum absolute atomic E-state index is 3.64. The highest BCUT2D eigenvalue weighted by molar-refractivity contribution is 4.81. The molecule has 1 aliphatic rings.